The lowest BCUT2D eigenvalue weighted by Crippen LogP contribution is -2.55. The van der Waals surface area contributed by atoms with Gasteiger partial charge in [-0.25, -0.2) is 9.59 Å². The fourth-order valence-corrected chi connectivity index (χ4v) is 4.60. The molecule has 7 nitrogen and oxygen atoms in total. The predicted octanol–water partition coefficient (Wildman–Crippen LogP) is 4.01. The highest BCUT2D eigenvalue weighted by Gasteiger charge is 2.42. The van der Waals surface area contributed by atoms with Gasteiger partial charge in [0, 0.05) is 12.0 Å². The van der Waals surface area contributed by atoms with E-state index in [1.165, 1.54) is 11.8 Å². The summed E-state index contributed by atoms with van der Waals surface area (Å²) in [5.41, 5.74) is 4.50. The number of hydrogen-bond acceptors (Lipinski definition) is 4. The summed E-state index contributed by atoms with van der Waals surface area (Å²) in [7, 11) is 0. The summed E-state index contributed by atoms with van der Waals surface area (Å²) in [4.78, 5) is 38.9. The van der Waals surface area contributed by atoms with Crippen LogP contribution in [0.5, 0.6) is 0 Å². The Hall–Kier alpha value is -3.35. The Labute approximate surface area is 193 Å². The lowest BCUT2D eigenvalue weighted by molar-refractivity contribution is -0.151. The van der Waals surface area contributed by atoms with Gasteiger partial charge in [-0.05, 0) is 47.9 Å². The van der Waals surface area contributed by atoms with Gasteiger partial charge in [0.1, 0.15) is 18.7 Å². The molecular weight excluding hydrogens is 420 g/mol. The number of carbonyl (C=O) groups is 3. The van der Waals surface area contributed by atoms with E-state index in [2.05, 4.69) is 17.4 Å². The monoisotopic (exact) mass is 450 g/mol. The van der Waals surface area contributed by atoms with Gasteiger partial charge in [-0.2, -0.15) is 0 Å². The third kappa shape index (κ3) is 4.58. The Bertz CT molecular complexity index is 1020. The SMILES string of the molecule is CC(C)[C@@H](NC(=O)OCC1c2ccccc2-c2ccccc21)C(=O)N(C1CC1)C(C)C(=O)O. The summed E-state index contributed by atoms with van der Waals surface area (Å²) >= 11 is 0. The second kappa shape index (κ2) is 9.25. The molecule has 0 radical (unpaired) electrons. The van der Waals surface area contributed by atoms with Crippen LogP contribution in [-0.2, 0) is 14.3 Å². The van der Waals surface area contributed by atoms with Crippen LogP contribution in [0.4, 0.5) is 4.79 Å². The molecule has 0 saturated heterocycles. The molecule has 2 aliphatic carbocycles. The molecule has 0 aromatic heterocycles. The number of nitrogens with one attached hydrogen (secondary N) is 1. The number of amides is 2. The number of hydrogen-bond donors (Lipinski definition) is 2. The zero-order chi connectivity index (χ0) is 23.7. The Morgan fingerprint density at radius 2 is 1.55 bits per heavy atom. The molecule has 0 heterocycles. The summed E-state index contributed by atoms with van der Waals surface area (Å²) in [6, 6.07) is 14.3. The van der Waals surface area contributed by atoms with Crippen molar-refractivity contribution in [1.82, 2.24) is 10.2 Å². The molecule has 1 saturated carbocycles. The predicted molar refractivity (Wildman–Crippen MR) is 124 cm³/mol. The minimum atomic E-state index is -1.06. The number of nitrogens with zero attached hydrogens (tertiary/aromatic N) is 1. The first kappa shape index (κ1) is 22.8. The molecule has 1 unspecified atom stereocenters. The van der Waals surface area contributed by atoms with Gasteiger partial charge in [0.05, 0.1) is 0 Å². The fourth-order valence-electron chi connectivity index (χ4n) is 4.60. The number of rotatable bonds is 8. The molecule has 2 aromatic carbocycles. The Morgan fingerprint density at radius 3 is 2.03 bits per heavy atom. The molecule has 0 spiro atoms. The van der Waals surface area contributed by atoms with E-state index in [1.807, 2.05) is 50.2 Å². The van der Waals surface area contributed by atoms with Crippen LogP contribution in [0.2, 0.25) is 0 Å². The maximum Gasteiger partial charge on any atom is 0.407 e. The van der Waals surface area contributed by atoms with E-state index >= 15 is 0 Å². The van der Waals surface area contributed by atoms with Gasteiger partial charge < -0.3 is 20.1 Å². The third-order valence-corrected chi connectivity index (χ3v) is 6.52. The second-order valence-corrected chi connectivity index (χ2v) is 9.18. The molecule has 1 fully saturated rings. The molecule has 0 bridgehead atoms. The Balaban J connectivity index is 1.45. The zero-order valence-electron chi connectivity index (χ0n) is 19.2. The maximum absolute atomic E-state index is 13.2. The van der Waals surface area contributed by atoms with Crippen molar-refractivity contribution in [2.75, 3.05) is 6.61 Å². The van der Waals surface area contributed by atoms with Crippen LogP contribution in [-0.4, -0.2) is 52.7 Å². The molecule has 4 rings (SSSR count). The van der Waals surface area contributed by atoms with E-state index < -0.39 is 24.1 Å². The molecule has 2 amide bonds. The number of fused-ring (bicyclic) bond motifs is 3. The number of aliphatic carboxylic acids is 1. The summed E-state index contributed by atoms with van der Waals surface area (Å²) in [6.45, 7) is 5.30. The summed E-state index contributed by atoms with van der Waals surface area (Å²) < 4.78 is 5.60. The number of carboxylic acids is 1. The standard InChI is InChI=1S/C26H30N2O5/c1-15(2)23(24(29)28(17-12-13-17)16(3)25(30)31)27-26(32)33-14-22-20-10-6-4-8-18(20)19-9-5-7-11-21(19)22/h4-11,15-17,22-23H,12-14H2,1-3H3,(H,27,32)(H,30,31)/t16?,23-/m1/s1. The number of carboxylic acid groups (broad SMARTS) is 1. The van der Waals surface area contributed by atoms with Crippen LogP contribution in [0.15, 0.2) is 48.5 Å². The van der Waals surface area contributed by atoms with E-state index in [1.54, 1.807) is 0 Å². The average Bonchev–Trinajstić information content (AvgIpc) is 3.57. The topological polar surface area (TPSA) is 95.9 Å². The first-order valence-electron chi connectivity index (χ1n) is 11.5. The van der Waals surface area contributed by atoms with Crippen molar-refractivity contribution in [3.8, 4) is 11.1 Å². The molecule has 0 aliphatic heterocycles. The number of carbonyl (C=O) groups excluding carboxylic acids is 2. The van der Waals surface area contributed by atoms with Crippen LogP contribution in [0.1, 0.15) is 50.7 Å². The van der Waals surface area contributed by atoms with E-state index in [-0.39, 0.29) is 30.4 Å². The van der Waals surface area contributed by atoms with Crippen molar-refractivity contribution < 1.29 is 24.2 Å². The average molecular weight is 451 g/mol. The van der Waals surface area contributed by atoms with Gasteiger partial charge in [-0.3, -0.25) is 4.79 Å². The van der Waals surface area contributed by atoms with Crippen LogP contribution in [0.25, 0.3) is 11.1 Å². The Kier molecular flexibility index (Phi) is 6.40. The van der Waals surface area contributed by atoms with E-state index in [4.69, 9.17) is 4.74 Å². The maximum atomic E-state index is 13.2. The van der Waals surface area contributed by atoms with Crippen molar-refractivity contribution >= 4 is 18.0 Å². The molecule has 2 N–H and O–H groups in total. The molecular formula is C26H30N2O5. The highest BCUT2D eigenvalue weighted by Crippen LogP contribution is 2.44. The molecule has 2 aliphatic rings. The quantitative estimate of drug-likeness (QED) is 0.633. The normalized spacial score (nSPS) is 16.5. The highest BCUT2D eigenvalue weighted by atomic mass is 16.5. The van der Waals surface area contributed by atoms with Gasteiger partial charge >= 0.3 is 12.1 Å². The van der Waals surface area contributed by atoms with Crippen molar-refractivity contribution in [1.29, 1.82) is 0 Å². The molecule has 2 aromatic rings. The molecule has 33 heavy (non-hydrogen) atoms. The Morgan fingerprint density at radius 1 is 1.00 bits per heavy atom. The van der Waals surface area contributed by atoms with Gasteiger partial charge in [0.25, 0.3) is 0 Å². The lowest BCUT2D eigenvalue weighted by Gasteiger charge is -2.32. The molecule has 7 heteroatoms. The van der Waals surface area contributed by atoms with Crippen LogP contribution in [0.3, 0.4) is 0 Å². The van der Waals surface area contributed by atoms with Gasteiger partial charge in [-0.1, -0.05) is 62.4 Å². The van der Waals surface area contributed by atoms with Gasteiger partial charge in [-0.15, -0.1) is 0 Å². The third-order valence-electron chi connectivity index (χ3n) is 6.52. The zero-order valence-corrected chi connectivity index (χ0v) is 19.2. The van der Waals surface area contributed by atoms with E-state index in [9.17, 15) is 19.5 Å². The fraction of sp³-hybridized carbons (Fsp3) is 0.423. The van der Waals surface area contributed by atoms with E-state index in [0.29, 0.717) is 0 Å². The second-order valence-electron chi connectivity index (χ2n) is 9.18. The molecule has 174 valence electrons. The van der Waals surface area contributed by atoms with Crippen LogP contribution in [0, 0.1) is 5.92 Å². The summed E-state index contributed by atoms with van der Waals surface area (Å²) in [6.07, 6.45) is 0.876. The minimum absolute atomic E-state index is 0.0775. The first-order valence-corrected chi connectivity index (χ1v) is 11.5. The number of ether oxygens (including phenoxy) is 1. The van der Waals surface area contributed by atoms with Crippen molar-refractivity contribution in [3.63, 3.8) is 0 Å². The molecule has 2 atom stereocenters. The summed E-state index contributed by atoms with van der Waals surface area (Å²) in [5.74, 6) is -1.73. The number of alkyl carbamates (subject to hydrolysis) is 1. The summed E-state index contributed by atoms with van der Waals surface area (Å²) in [5, 5.41) is 12.1. The lowest BCUT2D eigenvalue weighted by atomic mass is 9.98. The van der Waals surface area contributed by atoms with Crippen LogP contribution >= 0.6 is 0 Å². The minimum Gasteiger partial charge on any atom is -0.480 e. The first-order chi connectivity index (χ1) is 15.8. The van der Waals surface area contributed by atoms with Crippen molar-refractivity contribution in [2.45, 2.75) is 57.7 Å². The van der Waals surface area contributed by atoms with Gasteiger partial charge in [0.2, 0.25) is 5.91 Å². The van der Waals surface area contributed by atoms with Crippen LogP contribution < -0.4 is 5.32 Å². The van der Waals surface area contributed by atoms with Crippen molar-refractivity contribution in [3.05, 3.63) is 59.7 Å². The smallest absolute Gasteiger partial charge is 0.407 e. The largest absolute Gasteiger partial charge is 0.480 e. The van der Waals surface area contributed by atoms with Crippen molar-refractivity contribution in [2.24, 2.45) is 5.92 Å². The van der Waals surface area contributed by atoms with E-state index in [0.717, 1.165) is 35.1 Å². The van der Waals surface area contributed by atoms with Gasteiger partial charge in [0.15, 0.2) is 0 Å². The highest BCUT2D eigenvalue weighted by molar-refractivity contribution is 5.90. The number of benzene rings is 2.